The topological polar surface area (TPSA) is 43.4 Å². The summed E-state index contributed by atoms with van der Waals surface area (Å²) in [6, 6.07) is 18.4. The number of ether oxygens (including phenoxy) is 2. The second kappa shape index (κ2) is 7.22. The molecule has 0 aliphatic rings. The Bertz CT molecular complexity index is 775. The van der Waals surface area contributed by atoms with E-state index >= 15 is 0 Å². The molecule has 23 heavy (non-hydrogen) atoms. The number of methoxy groups -OCH3 is 1. The third kappa shape index (κ3) is 3.18. The zero-order chi connectivity index (χ0) is 16.1. The summed E-state index contributed by atoms with van der Waals surface area (Å²) < 4.78 is 11.0. The highest BCUT2D eigenvalue weighted by Crippen LogP contribution is 2.35. The molecule has 4 heteroatoms. The van der Waals surface area contributed by atoms with Crippen LogP contribution in [-0.2, 0) is 4.74 Å². The molecule has 0 aliphatic carbocycles. The highest BCUT2D eigenvalue weighted by molar-refractivity contribution is 5.86. The highest BCUT2D eigenvalue weighted by atomic mass is 16.7. The average Bonchev–Trinajstić information content (AvgIpc) is 2.62. The molecule has 1 atom stereocenters. The molecular formula is C19H20N2O2. The maximum atomic E-state index is 5.88. The van der Waals surface area contributed by atoms with Crippen LogP contribution < -0.4 is 10.1 Å². The van der Waals surface area contributed by atoms with Gasteiger partial charge in [0, 0.05) is 24.3 Å². The van der Waals surface area contributed by atoms with Gasteiger partial charge in [0.05, 0.1) is 6.04 Å². The minimum Gasteiger partial charge on any atom is -0.465 e. The van der Waals surface area contributed by atoms with Crippen LogP contribution in [0.25, 0.3) is 10.9 Å². The molecule has 0 fully saturated rings. The van der Waals surface area contributed by atoms with Gasteiger partial charge in [0.1, 0.15) is 5.52 Å². The lowest BCUT2D eigenvalue weighted by atomic mass is 9.96. The van der Waals surface area contributed by atoms with E-state index in [-0.39, 0.29) is 12.8 Å². The molecule has 0 radical (unpaired) electrons. The summed E-state index contributed by atoms with van der Waals surface area (Å²) in [5, 5.41) is 4.41. The number of fused-ring (bicyclic) bond motifs is 1. The second-order valence-corrected chi connectivity index (χ2v) is 5.24. The van der Waals surface area contributed by atoms with Gasteiger partial charge in [-0.25, -0.2) is 0 Å². The number of nitrogens with one attached hydrogen (secondary N) is 1. The number of rotatable bonds is 6. The molecule has 0 bridgehead atoms. The number of pyridine rings is 1. The molecule has 0 saturated carbocycles. The predicted molar refractivity (Wildman–Crippen MR) is 91.6 cm³/mol. The van der Waals surface area contributed by atoms with Gasteiger partial charge in [0.25, 0.3) is 0 Å². The first kappa shape index (κ1) is 15.5. The van der Waals surface area contributed by atoms with Crippen LogP contribution in [0.15, 0.2) is 60.8 Å². The molecular weight excluding hydrogens is 288 g/mol. The van der Waals surface area contributed by atoms with Crippen molar-refractivity contribution >= 4 is 10.9 Å². The zero-order valence-electron chi connectivity index (χ0n) is 13.3. The molecule has 118 valence electrons. The van der Waals surface area contributed by atoms with Crippen molar-refractivity contribution in [1.29, 1.82) is 0 Å². The molecule has 1 aromatic heterocycles. The maximum absolute atomic E-state index is 5.88. The average molecular weight is 308 g/mol. The van der Waals surface area contributed by atoms with Crippen LogP contribution in [-0.4, -0.2) is 25.9 Å². The monoisotopic (exact) mass is 308 g/mol. The lowest BCUT2D eigenvalue weighted by molar-refractivity contribution is 0.0512. The quantitative estimate of drug-likeness (QED) is 0.708. The summed E-state index contributed by atoms with van der Waals surface area (Å²) in [5.74, 6) is 0.758. The molecule has 0 amide bonds. The van der Waals surface area contributed by atoms with Crippen molar-refractivity contribution in [3.8, 4) is 5.75 Å². The minimum absolute atomic E-state index is 0.0227. The maximum Gasteiger partial charge on any atom is 0.188 e. The first-order valence-electron chi connectivity index (χ1n) is 7.56. The van der Waals surface area contributed by atoms with E-state index in [0.29, 0.717) is 0 Å². The molecule has 1 heterocycles. The third-order valence-corrected chi connectivity index (χ3v) is 3.81. The molecule has 0 spiro atoms. The Balaban J connectivity index is 2.15. The Morgan fingerprint density at radius 3 is 2.61 bits per heavy atom. The summed E-state index contributed by atoms with van der Waals surface area (Å²) in [6.07, 6.45) is 1.78. The molecule has 1 N–H and O–H groups in total. The van der Waals surface area contributed by atoms with E-state index in [0.717, 1.165) is 22.2 Å². The van der Waals surface area contributed by atoms with Gasteiger partial charge in [0.2, 0.25) is 0 Å². The third-order valence-electron chi connectivity index (χ3n) is 3.81. The smallest absolute Gasteiger partial charge is 0.188 e. The summed E-state index contributed by atoms with van der Waals surface area (Å²) in [6.45, 7) is 0.188. The van der Waals surface area contributed by atoms with E-state index in [1.807, 2.05) is 37.4 Å². The second-order valence-electron chi connectivity index (χ2n) is 5.24. The molecule has 0 saturated heterocycles. The molecule has 0 aliphatic heterocycles. The first-order valence-corrected chi connectivity index (χ1v) is 7.56. The number of hydrogen-bond acceptors (Lipinski definition) is 4. The van der Waals surface area contributed by atoms with Crippen LogP contribution in [0.1, 0.15) is 17.2 Å². The number of aromatic nitrogens is 1. The Kier molecular flexibility index (Phi) is 4.86. The van der Waals surface area contributed by atoms with Gasteiger partial charge in [-0.05, 0) is 18.7 Å². The van der Waals surface area contributed by atoms with Crippen molar-refractivity contribution in [1.82, 2.24) is 10.3 Å². The van der Waals surface area contributed by atoms with Gasteiger partial charge in [-0.2, -0.15) is 0 Å². The van der Waals surface area contributed by atoms with Crippen molar-refractivity contribution in [3.05, 3.63) is 71.9 Å². The fraction of sp³-hybridized carbons (Fsp3) is 0.211. The van der Waals surface area contributed by atoms with Gasteiger partial charge in [-0.3, -0.25) is 4.98 Å². The van der Waals surface area contributed by atoms with Crippen LogP contribution in [0.5, 0.6) is 5.75 Å². The van der Waals surface area contributed by atoms with Crippen LogP contribution >= 0.6 is 0 Å². The largest absolute Gasteiger partial charge is 0.465 e. The van der Waals surface area contributed by atoms with Crippen LogP contribution in [0.3, 0.4) is 0 Å². The predicted octanol–water partition coefficient (Wildman–Crippen LogP) is 3.53. The van der Waals surface area contributed by atoms with E-state index < -0.39 is 0 Å². The summed E-state index contributed by atoms with van der Waals surface area (Å²) in [7, 11) is 3.56. The highest BCUT2D eigenvalue weighted by Gasteiger charge is 2.19. The standard InChI is InChI=1S/C19H20N2O2/c1-20-17(14-7-4-3-5-8-14)16-11-10-15-9-6-12-21-18(15)19(16)23-13-22-2/h3-12,17,20H,13H2,1-2H3. The van der Waals surface area contributed by atoms with Crippen molar-refractivity contribution in [3.63, 3.8) is 0 Å². The lowest BCUT2D eigenvalue weighted by Crippen LogP contribution is -2.19. The normalized spacial score (nSPS) is 12.3. The van der Waals surface area contributed by atoms with Gasteiger partial charge in [-0.1, -0.05) is 48.5 Å². The summed E-state index contributed by atoms with van der Waals surface area (Å²) >= 11 is 0. The van der Waals surface area contributed by atoms with E-state index in [1.54, 1.807) is 13.3 Å². The van der Waals surface area contributed by atoms with Crippen LogP contribution in [0.2, 0.25) is 0 Å². The Hall–Kier alpha value is -2.43. The molecule has 3 rings (SSSR count). The number of nitrogens with zero attached hydrogens (tertiary/aromatic N) is 1. The Morgan fingerprint density at radius 2 is 1.87 bits per heavy atom. The van der Waals surface area contributed by atoms with Gasteiger partial charge < -0.3 is 14.8 Å². The fourth-order valence-corrected chi connectivity index (χ4v) is 2.78. The van der Waals surface area contributed by atoms with E-state index in [9.17, 15) is 0 Å². The Labute approximate surface area is 136 Å². The summed E-state index contributed by atoms with van der Waals surface area (Å²) in [5.41, 5.74) is 3.06. The fourth-order valence-electron chi connectivity index (χ4n) is 2.78. The van der Waals surface area contributed by atoms with E-state index in [2.05, 4.69) is 34.6 Å². The SMILES string of the molecule is CNC(c1ccccc1)c1ccc2cccnc2c1OCOC. The van der Waals surface area contributed by atoms with Gasteiger partial charge in [-0.15, -0.1) is 0 Å². The van der Waals surface area contributed by atoms with Crippen molar-refractivity contribution in [2.45, 2.75) is 6.04 Å². The van der Waals surface area contributed by atoms with Crippen LogP contribution in [0.4, 0.5) is 0 Å². The van der Waals surface area contributed by atoms with Gasteiger partial charge in [0.15, 0.2) is 12.5 Å². The van der Waals surface area contributed by atoms with E-state index in [1.165, 1.54) is 5.56 Å². The summed E-state index contributed by atoms with van der Waals surface area (Å²) in [4.78, 5) is 4.50. The van der Waals surface area contributed by atoms with Crippen molar-refractivity contribution in [2.75, 3.05) is 21.0 Å². The molecule has 2 aromatic carbocycles. The molecule has 1 unspecified atom stereocenters. The lowest BCUT2D eigenvalue weighted by Gasteiger charge is -2.21. The Morgan fingerprint density at radius 1 is 1.04 bits per heavy atom. The first-order chi connectivity index (χ1) is 11.3. The van der Waals surface area contributed by atoms with Crippen molar-refractivity contribution in [2.24, 2.45) is 0 Å². The molecule has 3 aromatic rings. The molecule has 4 nitrogen and oxygen atoms in total. The van der Waals surface area contributed by atoms with Crippen molar-refractivity contribution < 1.29 is 9.47 Å². The minimum atomic E-state index is 0.0227. The number of hydrogen-bond donors (Lipinski definition) is 1. The van der Waals surface area contributed by atoms with Gasteiger partial charge >= 0.3 is 0 Å². The number of benzene rings is 2. The van der Waals surface area contributed by atoms with Crippen LogP contribution in [0, 0.1) is 0 Å². The van der Waals surface area contributed by atoms with E-state index in [4.69, 9.17) is 9.47 Å². The zero-order valence-corrected chi connectivity index (χ0v) is 13.3.